The minimum absolute atomic E-state index is 0.141. The Balaban J connectivity index is 1.30. The average molecular weight is 467 g/mol. The summed E-state index contributed by atoms with van der Waals surface area (Å²) in [6.07, 6.45) is 2.19. The maximum Gasteiger partial charge on any atom is 0.336 e. The van der Waals surface area contributed by atoms with E-state index in [1.807, 2.05) is 0 Å². The first kappa shape index (κ1) is 21.8. The van der Waals surface area contributed by atoms with Crippen molar-refractivity contribution in [3.63, 3.8) is 0 Å². The van der Waals surface area contributed by atoms with Crippen LogP contribution >= 0.6 is 0 Å². The summed E-state index contributed by atoms with van der Waals surface area (Å²) in [5.41, 5.74) is -0.0575. The van der Waals surface area contributed by atoms with Gasteiger partial charge in [-0.15, -0.1) is 5.10 Å². The van der Waals surface area contributed by atoms with Crippen LogP contribution in [0.5, 0.6) is 5.75 Å². The topological polar surface area (TPSA) is 154 Å². The summed E-state index contributed by atoms with van der Waals surface area (Å²) >= 11 is 0. The van der Waals surface area contributed by atoms with Crippen LogP contribution < -0.4 is 21.6 Å². The Bertz CT molecular complexity index is 1520. The van der Waals surface area contributed by atoms with Crippen molar-refractivity contribution in [2.24, 2.45) is 0 Å². The number of benzene rings is 1. The summed E-state index contributed by atoms with van der Waals surface area (Å²) in [6.45, 7) is 1.46. The highest BCUT2D eigenvalue weighted by atomic mass is 16.5. The fourth-order valence-corrected chi connectivity index (χ4v) is 3.97. The molecule has 1 aromatic carbocycles. The summed E-state index contributed by atoms with van der Waals surface area (Å²) in [6, 6.07) is 7.73. The van der Waals surface area contributed by atoms with Crippen LogP contribution in [-0.2, 0) is 11.3 Å². The molecule has 0 amide bonds. The lowest BCUT2D eigenvalue weighted by atomic mass is 10.1. The molecule has 1 saturated heterocycles. The van der Waals surface area contributed by atoms with E-state index >= 15 is 0 Å². The zero-order valence-corrected chi connectivity index (χ0v) is 18.1. The Morgan fingerprint density at radius 1 is 1.21 bits per heavy atom. The van der Waals surface area contributed by atoms with Gasteiger partial charge in [0.25, 0.3) is 5.56 Å². The van der Waals surface area contributed by atoms with E-state index in [4.69, 9.17) is 13.9 Å². The molecule has 0 spiro atoms. The van der Waals surface area contributed by atoms with Crippen molar-refractivity contribution in [1.29, 1.82) is 0 Å². The van der Waals surface area contributed by atoms with Crippen LogP contribution in [0, 0.1) is 6.92 Å². The van der Waals surface area contributed by atoms with Crippen molar-refractivity contribution < 1.29 is 19.0 Å². The molecular formula is C22H21N5O7. The third-order valence-corrected chi connectivity index (χ3v) is 5.72. The number of hydrogen-bond acceptors (Lipinski definition) is 9. The molecule has 4 heterocycles. The lowest BCUT2D eigenvalue weighted by Crippen LogP contribution is -2.33. The molecule has 34 heavy (non-hydrogen) atoms. The minimum Gasteiger partial charge on any atom is -0.487 e. The van der Waals surface area contributed by atoms with Gasteiger partial charge in [0.15, 0.2) is 0 Å². The number of rotatable bonds is 6. The predicted molar refractivity (Wildman–Crippen MR) is 118 cm³/mol. The van der Waals surface area contributed by atoms with E-state index in [2.05, 4.69) is 15.3 Å². The first-order valence-electron chi connectivity index (χ1n) is 10.6. The molecule has 0 radical (unpaired) electrons. The Labute approximate surface area is 191 Å². The van der Waals surface area contributed by atoms with Gasteiger partial charge in [0.2, 0.25) is 0 Å². The number of H-pyrrole nitrogens is 1. The van der Waals surface area contributed by atoms with Crippen LogP contribution in [0.25, 0.3) is 11.0 Å². The fraction of sp³-hybridized carbons (Fsp3) is 0.318. The van der Waals surface area contributed by atoms with E-state index in [-0.39, 0.29) is 19.3 Å². The monoisotopic (exact) mass is 467 g/mol. The summed E-state index contributed by atoms with van der Waals surface area (Å²) in [5.74, 6) is 0.571. The summed E-state index contributed by atoms with van der Waals surface area (Å²) in [4.78, 5) is 37.5. The van der Waals surface area contributed by atoms with Gasteiger partial charge in [-0.25, -0.2) is 14.3 Å². The van der Waals surface area contributed by atoms with Gasteiger partial charge in [-0.1, -0.05) is 5.21 Å². The van der Waals surface area contributed by atoms with E-state index in [1.54, 1.807) is 42.1 Å². The lowest BCUT2D eigenvalue weighted by molar-refractivity contribution is -0.0323. The van der Waals surface area contributed by atoms with Crippen molar-refractivity contribution in [3.8, 4) is 5.75 Å². The van der Waals surface area contributed by atoms with E-state index in [1.165, 1.54) is 16.8 Å². The van der Waals surface area contributed by atoms with Crippen molar-refractivity contribution in [3.05, 3.63) is 85.2 Å². The lowest BCUT2D eigenvalue weighted by Gasteiger charge is -2.15. The SMILES string of the molecule is Cc1cn([C@H]2C[C@@H](n3cc(COc4ccc5oc(=O)ccc5c4)nn3)[C@@H](CO)O2)c(=O)[nH]c1=O. The third-order valence-electron chi connectivity index (χ3n) is 5.72. The molecule has 5 rings (SSSR count). The number of hydrogen-bond donors (Lipinski definition) is 2. The molecular weight excluding hydrogens is 446 g/mol. The maximum atomic E-state index is 12.2. The highest BCUT2D eigenvalue weighted by Gasteiger charge is 2.38. The molecule has 1 fully saturated rings. The maximum absolute atomic E-state index is 12.2. The number of aromatic amines is 1. The molecule has 1 aliphatic heterocycles. The van der Waals surface area contributed by atoms with Crippen molar-refractivity contribution >= 4 is 11.0 Å². The molecule has 0 aliphatic carbocycles. The van der Waals surface area contributed by atoms with Crippen LogP contribution in [0.15, 0.2) is 61.5 Å². The van der Waals surface area contributed by atoms with Gasteiger partial charge in [0.1, 0.15) is 36.0 Å². The van der Waals surface area contributed by atoms with Crippen LogP contribution in [0.1, 0.15) is 29.9 Å². The molecule has 3 aromatic heterocycles. The van der Waals surface area contributed by atoms with Crippen molar-refractivity contribution in [1.82, 2.24) is 24.5 Å². The molecule has 12 nitrogen and oxygen atoms in total. The van der Waals surface area contributed by atoms with Gasteiger partial charge < -0.3 is 19.0 Å². The molecule has 3 atom stereocenters. The Hall–Kier alpha value is -4.03. The second-order valence-electron chi connectivity index (χ2n) is 8.03. The Morgan fingerprint density at radius 3 is 2.88 bits per heavy atom. The zero-order chi connectivity index (χ0) is 23.8. The average Bonchev–Trinajstić information content (AvgIpc) is 3.47. The summed E-state index contributed by atoms with van der Waals surface area (Å²) < 4.78 is 19.7. The number of aliphatic hydroxyl groups excluding tert-OH is 1. The number of nitrogens with zero attached hydrogens (tertiary/aromatic N) is 4. The largest absolute Gasteiger partial charge is 0.487 e. The standard InChI is InChI=1S/C22H21N5O7/c1-12-8-26(22(31)23-21(12)30)19-7-16(18(10-28)33-19)27-9-14(24-25-27)11-32-15-3-4-17-13(6-15)2-5-20(29)34-17/h2-6,8-9,16,18-19,28H,7,10-11H2,1H3,(H,23,30,31)/t16-,18-,19-/m1/s1. The highest BCUT2D eigenvalue weighted by Crippen LogP contribution is 2.35. The van der Waals surface area contributed by atoms with Gasteiger partial charge >= 0.3 is 11.3 Å². The smallest absolute Gasteiger partial charge is 0.336 e. The second kappa shape index (κ2) is 8.72. The Morgan fingerprint density at radius 2 is 2.06 bits per heavy atom. The molecule has 12 heteroatoms. The van der Waals surface area contributed by atoms with Crippen molar-refractivity contribution in [2.75, 3.05) is 6.61 Å². The van der Waals surface area contributed by atoms with Gasteiger partial charge in [-0.2, -0.15) is 0 Å². The number of ether oxygens (including phenoxy) is 2. The number of nitrogens with one attached hydrogen (secondary N) is 1. The zero-order valence-electron chi connectivity index (χ0n) is 18.1. The van der Waals surface area contributed by atoms with Crippen LogP contribution in [0.4, 0.5) is 0 Å². The summed E-state index contributed by atoms with van der Waals surface area (Å²) in [7, 11) is 0. The fourth-order valence-electron chi connectivity index (χ4n) is 3.97. The quantitative estimate of drug-likeness (QED) is 0.389. The minimum atomic E-state index is -0.674. The van der Waals surface area contributed by atoms with Gasteiger partial charge in [-0.3, -0.25) is 14.3 Å². The van der Waals surface area contributed by atoms with E-state index < -0.39 is 29.2 Å². The first-order valence-corrected chi connectivity index (χ1v) is 10.6. The number of aromatic nitrogens is 5. The van der Waals surface area contributed by atoms with Gasteiger partial charge in [0, 0.05) is 29.6 Å². The summed E-state index contributed by atoms with van der Waals surface area (Å²) in [5, 5.41) is 18.8. The Kier molecular flexibility index (Phi) is 5.59. The number of fused-ring (bicyclic) bond motifs is 1. The normalized spacial score (nSPS) is 20.1. The first-order chi connectivity index (χ1) is 16.4. The molecule has 2 N–H and O–H groups in total. The van der Waals surface area contributed by atoms with Gasteiger partial charge in [0.05, 0.1) is 18.8 Å². The van der Waals surface area contributed by atoms with Crippen LogP contribution in [-0.4, -0.2) is 42.4 Å². The van der Waals surface area contributed by atoms with Crippen LogP contribution in [0.3, 0.4) is 0 Å². The van der Waals surface area contributed by atoms with E-state index in [9.17, 15) is 19.5 Å². The van der Waals surface area contributed by atoms with E-state index in [0.717, 1.165) is 5.39 Å². The number of aryl methyl sites for hydroxylation is 1. The third kappa shape index (κ3) is 4.16. The second-order valence-corrected chi connectivity index (χ2v) is 8.03. The molecule has 176 valence electrons. The van der Waals surface area contributed by atoms with Gasteiger partial charge in [-0.05, 0) is 31.2 Å². The molecule has 1 aliphatic rings. The molecule has 0 bridgehead atoms. The predicted octanol–water partition coefficient (Wildman–Crippen LogP) is 0.643. The van der Waals surface area contributed by atoms with Crippen molar-refractivity contribution in [2.45, 2.75) is 38.3 Å². The highest BCUT2D eigenvalue weighted by molar-refractivity contribution is 5.77. The molecule has 4 aromatic rings. The van der Waals surface area contributed by atoms with Crippen LogP contribution in [0.2, 0.25) is 0 Å². The van der Waals surface area contributed by atoms with E-state index in [0.29, 0.717) is 29.0 Å². The number of aliphatic hydroxyl groups is 1. The molecule has 0 unspecified atom stereocenters. The molecule has 0 saturated carbocycles.